The van der Waals surface area contributed by atoms with Crippen molar-refractivity contribution in [2.24, 2.45) is 0 Å². The summed E-state index contributed by atoms with van der Waals surface area (Å²) in [6.07, 6.45) is 2.82. The van der Waals surface area contributed by atoms with Crippen molar-refractivity contribution in [1.29, 1.82) is 0 Å². The van der Waals surface area contributed by atoms with Gasteiger partial charge >= 0.3 is 0 Å². The number of anilines is 1. The van der Waals surface area contributed by atoms with Crippen molar-refractivity contribution in [2.45, 2.75) is 32.2 Å². The van der Waals surface area contributed by atoms with Gasteiger partial charge in [-0.05, 0) is 60.7 Å². The average Bonchev–Trinajstić information content (AvgIpc) is 3.27. The van der Waals surface area contributed by atoms with Crippen LogP contribution in [-0.2, 0) is 11.2 Å². The van der Waals surface area contributed by atoms with Gasteiger partial charge in [0.05, 0.1) is 6.04 Å². The van der Waals surface area contributed by atoms with E-state index in [1.54, 1.807) is 11.8 Å². The first-order chi connectivity index (χ1) is 12.5. The fraction of sp³-hybridized carbons (Fsp3) is 0.333. The van der Waals surface area contributed by atoms with E-state index in [4.69, 9.17) is 0 Å². The minimum Gasteiger partial charge on any atom is -0.332 e. The van der Waals surface area contributed by atoms with Gasteiger partial charge in [-0.25, -0.2) is 0 Å². The maximum absolute atomic E-state index is 13.2. The van der Waals surface area contributed by atoms with E-state index in [0.29, 0.717) is 6.54 Å². The zero-order valence-electron chi connectivity index (χ0n) is 14.7. The monoisotopic (exact) mass is 412 g/mol. The average molecular weight is 413 g/mol. The van der Waals surface area contributed by atoms with Gasteiger partial charge in [-0.15, -0.1) is 0 Å². The topological polar surface area (TPSA) is 40.6 Å². The standard InChI is InChI=1S/C21H21BrN2O2/c1-14(25)23-11-9-16-12-17(7-8-20(16)23)21(26)24-10-3-6-19(24)15-4-2-5-18(22)13-15/h2,4-5,7-8,12-13,19H,3,6,9-11H2,1H3. The molecule has 2 amide bonds. The number of fused-ring (bicyclic) bond motifs is 1. The fourth-order valence-electron chi connectivity index (χ4n) is 4.10. The van der Waals surface area contributed by atoms with Crippen LogP contribution in [0.25, 0.3) is 0 Å². The smallest absolute Gasteiger partial charge is 0.254 e. The molecule has 0 aromatic heterocycles. The zero-order chi connectivity index (χ0) is 18.3. The predicted octanol–water partition coefficient (Wildman–Crippen LogP) is 4.34. The molecular formula is C21H21BrN2O2. The molecule has 134 valence electrons. The van der Waals surface area contributed by atoms with E-state index >= 15 is 0 Å². The number of rotatable bonds is 2. The lowest BCUT2D eigenvalue weighted by Gasteiger charge is -2.25. The Morgan fingerprint density at radius 2 is 1.96 bits per heavy atom. The number of likely N-dealkylation sites (tertiary alicyclic amines) is 1. The molecule has 26 heavy (non-hydrogen) atoms. The van der Waals surface area contributed by atoms with Crippen molar-refractivity contribution < 1.29 is 9.59 Å². The Balaban J connectivity index is 1.60. The van der Waals surface area contributed by atoms with Gasteiger partial charge in [0.2, 0.25) is 5.91 Å². The van der Waals surface area contributed by atoms with Crippen LogP contribution in [0.2, 0.25) is 0 Å². The fourth-order valence-corrected chi connectivity index (χ4v) is 4.51. The molecule has 0 saturated carbocycles. The van der Waals surface area contributed by atoms with Gasteiger partial charge in [0.1, 0.15) is 0 Å². The number of nitrogens with zero attached hydrogens (tertiary/aromatic N) is 2. The first-order valence-electron chi connectivity index (χ1n) is 9.02. The Bertz CT molecular complexity index is 880. The zero-order valence-corrected chi connectivity index (χ0v) is 16.3. The van der Waals surface area contributed by atoms with Gasteiger partial charge < -0.3 is 9.80 Å². The molecule has 5 heteroatoms. The molecule has 2 aromatic carbocycles. The molecule has 0 radical (unpaired) electrons. The highest BCUT2D eigenvalue weighted by molar-refractivity contribution is 9.10. The van der Waals surface area contributed by atoms with E-state index in [1.165, 1.54) is 5.56 Å². The van der Waals surface area contributed by atoms with Crippen LogP contribution < -0.4 is 4.90 Å². The van der Waals surface area contributed by atoms with Crippen molar-refractivity contribution in [3.8, 4) is 0 Å². The Hall–Kier alpha value is -2.14. The van der Waals surface area contributed by atoms with Gasteiger partial charge in [-0.2, -0.15) is 0 Å². The molecule has 1 saturated heterocycles. The van der Waals surface area contributed by atoms with Crippen molar-refractivity contribution >= 4 is 33.4 Å². The molecule has 0 N–H and O–H groups in total. The van der Waals surface area contributed by atoms with E-state index in [-0.39, 0.29) is 17.9 Å². The van der Waals surface area contributed by atoms with E-state index in [0.717, 1.165) is 47.1 Å². The van der Waals surface area contributed by atoms with Gasteiger partial charge in [0.15, 0.2) is 0 Å². The van der Waals surface area contributed by atoms with Crippen molar-refractivity contribution in [2.75, 3.05) is 18.0 Å². The summed E-state index contributed by atoms with van der Waals surface area (Å²) in [6, 6.07) is 14.1. The first-order valence-corrected chi connectivity index (χ1v) is 9.81. The molecule has 4 nitrogen and oxygen atoms in total. The second-order valence-corrected chi connectivity index (χ2v) is 7.89. The van der Waals surface area contributed by atoms with Crippen LogP contribution in [-0.4, -0.2) is 29.8 Å². The molecule has 0 spiro atoms. The highest BCUT2D eigenvalue weighted by Gasteiger charge is 2.31. The van der Waals surface area contributed by atoms with E-state index in [1.807, 2.05) is 35.2 Å². The number of halogens is 1. The maximum Gasteiger partial charge on any atom is 0.254 e. The van der Waals surface area contributed by atoms with Crippen molar-refractivity contribution in [3.05, 3.63) is 63.6 Å². The number of amides is 2. The number of carbonyl (C=O) groups is 2. The molecule has 2 aliphatic rings. The number of hydrogen-bond acceptors (Lipinski definition) is 2. The lowest BCUT2D eigenvalue weighted by Crippen LogP contribution is -2.30. The molecule has 0 bridgehead atoms. The number of hydrogen-bond donors (Lipinski definition) is 0. The Labute approximate surface area is 161 Å². The predicted molar refractivity (Wildman–Crippen MR) is 105 cm³/mol. The minimum absolute atomic E-state index is 0.0529. The summed E-state index contributed by atoms with van der Waals surface area (Å²) in [5, 5.41) is 0. The molecule has 1 fully saturated rings. The van der Waals surface area contributed by atoms with Gasteiger partial charge in [0, 0.05) is 35.7 Å². The third-order valence-corrected chi connectivity index (χ3v) is 5.84. The van der Waals surface area contributed by atoms with E-state index in [2.05, 4.69) is 28.1 Å². The lowest BCUT2D eigenvalue weighted by atomic mass is 10.0. The summed E-state index contributed by atoms with van der Waals surface area (Å²) in [6.45, 7) is 3.07. The third-order valence-electron chi connectivity index (χ3n) is 5.35. The molecule has 1 atom stereocenters. The normalized spacial score (nSPS) is 18.9. The third kappa shape index (κ3) is 3.05. The minimum atomic E-state index is 0.0529. The summed E-state index contributed by atoms with van der Waals surface area (Å²) < 4.78 is 1.04. The Morgan fingerprint density at radius 1 is 1.12 bits per heavy atom. The van der Waals surface area contributed by atoms with E-state index in [9.17, 15) is 9.59 Å². The maximum atomic E-state index is 13.2. The quantitative estimate of drug-likeness (QED) is 0.735. The van der Waals surface area contributed by atoms with Gasteiger partial charge in [-0.1, -0.05) is 28.1 Å². The second-order valence-electron chi connectivity index (χ2n) is 6.98. The molecule has 2 heterocycles. The summed E-state index contributed by atoms with van der Waals surface area (Å²) in [4.78, 5) is 28.6. The highest BCUT2D eigenvalue weighted by Crippen LogP contribution is 2.35. The van der Waals surface area contributed by atoms with Gasteiger partial charge in [0.25, 0.3) is 5.91 Å². The molecule has 0 aliphatic carbocycles. The molecule has 1 unspecified atom stereocenters. The first kappa shape index (κ1) is 17.3. The van der Waals surface area contributed by atoms with Crippen LogP contribution in [0.15, 0.2) is 46.9 Å². The summed E-state index contributed by atoms with van der Waals surface area (Å²) in [5.41, 5.74) is 3.92. The molecular weight excluding hydrogens is 392 g/mol. The van der Waals surface area contributed by atoms with Gasteiger partial charge in [-0.3, -0.25) is 9.59 Å². The van der Waals surface area contributed by atoms with Crippen LogP contribution >= 0.6 is 15.9 Å². The van der Waals surface area contributed by atoms with Crippen LogP contribution in [0.3, 0.4) is 0 Å². The Kier molecular flexibility index (Phi) is 4.57. The highest BCUT2D eigenvalue weighted by atomic mass is 79.9. The molecule has 4 rings (SSSR count). The molecule has 2 aromatic rings. The summed E-state index contributed by atoms with van der Waals surface area (Å²) in [7, 11) is 0. The number of carbonyl (C=O) groups excluding carboxylic acids is 2. The lowest BCUT2D eigenvalue weighted by molar-refractivity contribution is -0.116. The summed E-state index contributed by atoms with van der Waals surface area (Å²) in [5.74, 6) is 0.133. The van der Waals surface area contributed by atoms with E-state index < -0.39 is 0 Å². The van der Waals surface area contributed by atoms with Crippen LogP contribution in [0, 0.1) is 0 Å². The SMILES string of the molecule is CC(=O)N1CCc2cc(C(=O)N3CCCC3c3cccc(Br)c3)ccc21. The van der Waals surface area contributed by atoms with Crippen LogP contribution in [0.1, 0.15) is 47.3 Å². The summed E-state index contributed by atoms with van der Waals surface area (Å²) >= 11 is 3.53. The van der Waals surface area contributed by atoms with Crippen molar-refractivity contribution in [3.63, 3.8) is 0 Å². The molecule has 2 aliphatic heterocycles. The number of benzene rings is 2. The Morgan fingerprint density at radius 3 is 2.73 bits per heavy atom. The van der Waals surface area contributed by atoms with Crippen LogP contribution in [0.5, 0.6) is 0 Å². The second kappa shape index (κ2) is 6.88. The largest absolute Gasteiger partial charge is 0.332 e. The van der Waals surface area contributed by atoms with Crippen LogP contribution in [0.4, 0.5) is 5.69 Å². The van der Waals surface area contributed by atoms with Crippen molar-refractivity contribution in [1.82, 2.24) is 4.90 Å².